The fraction of sp³-hybridized carbons (Fsp3) is 0.263. The van der Waals surface area contributed by atoms with Crippen molar-refractivity contribution >= 4 is 33.2 Å². The van der Waals surface area contributed by atoms with Gasteiger partial charge in [-0.3, -0.25) is 9.78 Å². The molecule has 4 rings (SSSR count). The number of aliphatic hydroxyl groups is 1. The predicted octanol–water partition coefficient (Wildman–Crippen LogP) is 2.00. The molecular formula is C19H14Cl2F3N5O7S. The zero-order valence-electron chi connectivity index (χ0n) is 18.0. The van der Waals surface area contributed by atoms with E-state index in [9.17, 15) is 37.0 Å². The molecule has 18 heteroatoms. The Hall–Kier alpha value is -3.18. The van der Waals surface area contributed by atoms with Crippen molar-refractivity contribution in [2.75, 3.05) is 0 Å². The highest BCUT2D eigenvalue weighted by Crippen LogP contribution is 2.40. The third kappa shape index (κ3) is 5.28. The highest BCUT2D eigenvalue weighted by molar-refractivity contribution is 7.89. The Bertz CT molecular complexity index is 1590. The summed E-state index contributed by atoms with van der Waals surface area (Å²) in [5, 5.41) is 21.8. The number of rotatable bonds is 7. The van der Waals surface area contributed by atoms with Crippen LogP contribution in [0, 0.1) is 5.82 Å². The molecule has 0 unspecified atom stereocenters. The first kappa shape index (κ1) is 26.9. The molecule has 1 aliphatic rings. The quantitative estimate of drug-likeness (QED) is 0.324. The summed E-state index contributed by atoms with van der Waals surface area (Å²) in [5.74, 6) is -4.05. The lowest BCUT2D eigenvalue weighted by atomic mass is 9.91. The number of nitrogens with zero attached hydrogens (tertiary/aromatic N) is 3. The van der Waals surface area contributed by atoms with Crippen LogP contribution < -0.4 is 20.7 Å². The number of nitrogens with one attached hydrogen (secondary N) is 2. The van der Waals surface area contributed by atoms with Crippen molar-refractivity contribution in [2.45, 2.75) is 36.3 Å². The monoisotopic (exact) mass is 583 g/mol. The van der Waals surface area contributed by atoms with Gasteiger partial charge >= 0.3 is 5.69 Å². The SMILES string of the molecule is O=c1[nH]c(=O)n(-c2cc(Cl)c(Oc3ncc(O)c(S(=O)(=O)NC4CC(O)C4)c3F)c(Cl)c2)nc1C(F)F. The topological polar surface area (TPSA) is 176 Å². The smallest absolute Gasteiger partial charge is 0.349 e. The van der Waals surface area contributed by atoms with Crippen molar-refractivity contribution in [2.24, 2.45) is 0 Å². The number of benzene rings is 1. The minimum Gasteiger partial charge on any atom is -0.505 e. The van der Waals surface area contributed by atoms with Crippen LogP contribution in [-0.2, 0) is 10.0 Å². The maximum Gasteiger partial charge on any atom is 0.349 e. The molecule has 1 saturated carbocycles. The summed E-state index contributed by atoms with van der Waals surface area (Å²) in [5.41, 5.74) is -4.11. The van der Waals surface area contributed by atoms with Crippen LogP contribution in [0.5, 0.6) is 17.4 Å². The molecular weight excluding hydrogens is 570 g/mol. The average molecular weight is 584 g/mol. The van der Waals surface area contributed by atoms with Crippen LogP contribution >= 0.6 is 23.2 Å². The zero-order chi connectivity index (χ0) is 27.2. The Morgan fingerprint density at radius 2 is 1.84 bits per heavy atom. The number of hydrogen-bond donors (Lipinski definition) is 4. The molecule has 1 aliphatic carbocycles. The van der Waals surface area contributed by atoms with Crippen molar-refractivity contribution in [3.8, 4) is 23.1 Å². The van der Waals surface area contributed by atoms with Crippen LogP contribution in [0.2, 0.25) is 10.0 Å². The number of alkyl halides is 2. The normalized spacial score (nSPS) is 17.6. The van der Waals surface area contributed by atoms with E-state index < -0.39 is 83.7 Å². The summed E-state index contributed by atoms with van der Waals surface area (Å²) in [6, 6.07) is 1.25. The summed E-state index contributed by atoms with van der Waals surface area (Å²) in [6.07, 6.45) is -3.21. The largest absolute Gasteiger partial charge is 0.505 e. The first-order valence-electron chi connectivity index (χ1n) is 10.0. The van der Waals surface area contributed by atoms with Gasteiger partial charge in [0.05, 0.1) is 28.0 Å². The van der Waals surface area contributed by atoms with Gasteiger partial charge in [0.2, 0.25) is 15.8 Å². The van der Waals surface area contributed by atoms with Crippen molar-refractivity contribution in [3.05, 3.63) is 60.7 Å². The van der Waals surface area contributed by atoms with Gasteiger partial charge in [-0.05, 0) is 25.0 Å². The van der Waals surface area contributed by atoms with Gasteiger partial charge in [-0.15, -0.1) is 0 Å². The van der Waals surface area contributed by atoms with Crippen LogP contribution in [0.25, 0.3) is 5.69 Å². The lowest BCUT2D eigenvalue weighted by Gasteiger charge is -2.31. The lowest BCUT2D eigenvalue weighted by Crippen LogP contribution is -2.46. The minimum atomic E-state index is -4.61. The molecule has 0 radical (unpaired) electrons. The molecule has 0 spiro atoms. The van der Waals surface area contributed by atoms with E-state index in [-0.39, 0.29) is 18.5 Å². The third-order valence-electron chi connectivity index (χ3n) is 5.11. The Morgan fingerprint density at radius 3 is 2.41 bits per heavy atom. The van der Waals surface area contributed by atoms with Gasteiger partial charge in [-0.25, -0.2) is 31.7 Å². The molecule has 4 N–H and O–H groups in total. The fourth-order valence-corrected chi connectivity index (χ4v) is 5.28. The van der Waals surface area contributed by atoms with Crippen molar-refractivity contribution in [1.29, 1.82) is 0 Å². The van der Waals surface area contributed by atoms with Crippen molar-refractivity contribution < 1.29 is 36.5 Å². The second-order valence-corrected chi connectivity index (χ2v) is 10.2. The van der Waals surface area contributed by atoms with Crippen LogP contribution in [0.15, 0.2) is 32.8 Å². The number of sulfonamides is 1. The molecule has 198 valence electrons. The molecule has 1 aromatic carbocycles. The Kier molecular flexibility index (Phi) is 7.22. The fourth-order valence-electron chi connectivity index (χ4n) is 3.33. The van der Waals surface area contributed by atoms with Gasteiger partial charge in [-0.1, -0.05) is 23.2 Å². The molecule has 0 aliphatic heterocycles. The predicted molar refractivity (Wildman–Crippen MR) is 121 cm³/mol. The number of aromatic hydroxyl groups is 1. The molecule has 2 heterocycles. The molecule has 1 fully saturated rings. The Labute approximate surface area is 214 Å². The maximum absolute atomic E-state index is 15.1. The highest BCUT2D eigenvalue weighted by Gasteiger charge is 2.35. The van der Waals surface area contributed by atoms with E-state index in [0.717, 1.165) is 12.1 Å². The van der Waals surface area contributed by atoms with Crippen molar-refractivity contribution in [3.63, 3.8) is 0 Å². The van der Waals surface area contributed by atoms with E-state index in [1.165, 1.54) is 0 Å². The van der Waals surface area contributed by atoms with Crippen LogP contribution in [0.3, 0.4) is 0 Å². The van der Waals surface area contributed by atoms with Crippen molar-refractivity contribution in [1.82, 2.24) is 24.5 Å². The number of aliphatic hydroxyl groups excluding tert-OH is 1. The van der Waals surface area contributed by atoms with Crippen LogP contribution in [-0.4, -0.2) is 50.5 Å². The molecule has 12 nitrogen and oxygen atoms in total. The minimum absolute atomic E-state index is 0.0969. The second kappa shape index (κ2) is 9.94. The first-order chi connectivity index (χ1) is 17.3. The van der Waals surface area contributed by atoms with Gasteiger partial charge in [-0.2, -0.15) is 14.2 Å². The molecule has 0 atom stereocenters. The Morgan fingerprint density at radius 1 is 1.22 bits per heavy atom. The molecule has 2 aromatic heterocycles. The number of aromatic amines is 1. The first-order valence-corrected chi connectivity index (χ1v) is 12.3. The molecule has 0 amide bonds. The van der Waals surface area contributed by atoms with E-state index in [1.807, 2.05) is 0 Å². The van der Waals surface area contributed by atoms with E-state index in [0.29, 0.717) is 10.9 Å². The Balaban J connectivity index is 1.70. The van der Waals surface area contributed by atoms with Crippen LogP contribution in [0.4, 0.5) is 13.2 Å². The second-order valence-electron chi connectivity index (χ2n) is 7.73. The maximum atomic E-state index is 15.1. The van der Waals surface area contributed by atoms with E-state index in [4.69, 9.17) is 27.9 Å². The number of H-pyrrole nitrogens is 1. The standard InChI is InChI=1S/C19H14Cl2F3N5O7S/c20-9-3-7(29-19(33)26-17(32)13(27-29)16(23)24)4-10(21)14(9)36-18-12(22)15(11(31)5-25-18)37(34,35)28-6-1-8(30)2-6/h3-6,8,16,28,30-31H,1-2H2,(H,26,32,33). The summed E-state index contributed by atoms with van der Waals surface area (Å²) in [6.45, 7) is 0. The van der Waals surface area contributed by atoms with Crippen LogP contribution in [0.1, 0.15) is 25.0 Å². The number of ether oxygens (including phenoxy) is 1. The molecule has 0 bridgehead atoms. The molecule has 3 aromatic rings. The number of aromatic nitrogens is 4. The number of halogens is 5. The van der Waals surface area contributed by atoms with Gasteiger partial charge in [0.15, 0.2) is 22.1 Å². The van der Waals surface area contributed by atoms with E-state index in [2.05, 4.69) is 14.8 Å². The van der Waals surface area contributed by atoms with Gasteiger partial charge in [0, 0.05) is 6.04 Å². The lowest BCUT2D eigenvalue weighted by molar-refractivity contribution is 0.0711. The molecule has 37 heavy (non-hydrogen) atoms. The summed E-state index contributed by atoms with van der Waals surface area (Å²) < 4.78 is 74.2. The highest BCUT2D eigenvalue weighted by atomic mass is 35.5. The third-order valence-corrected chi connectivity index (χ3v) is 7.24. The molecule has 0 saturated heterocycles. The van der Waals surface area contributed by atoms with Gasteiger partial charge in [0.1, 0.15) is 0 Å². The number of pyridine rings is 1. The zero-order valence-corrected chi connectivity index (χ0v) is 20.3. The van der Waals surface area contributed by atoms with Gasteiger partial charge < -0.3 is 14.9 Å². The van der Waals surface area contributed by atoms with E-state index >= 15 is 4.39 Å². The van der Waals surface area contributed by atoms with E-state index in [1.54, 1.807) is 4.98 Å². The van der Waals surface area contributed by atoms with Gasteiger partial charge in [0.25, 0.3) is 17.9 Å². The average Bonchev–Trinajstić information content (AvgIpc) is 2.76. The summed E-state index contributed by atoms with van der Waals surface area (Å²) in [7, 11) is -4.61. The summed E-state index contributed by atoms with van der Waals surface area (Å²) >= 11 is 12.2. The number of hydrogen-bond acceptors (Lipinski definition) is 9. The summed E-state index contributed by atoms with van der Waals surface area (Å²) in [4.78, 5) is 27.6.